The van der Waals surface area contributed by atoms with Crippen LogP contribution in [0, 0.1) is 6.92 Å². The van der Waals surface area contributed by atoms with Crippen molar-refractivity contribution in [2.24, 2.45) is 0 Å². The summed E-state index contributed by atoms with van der Waals surface area (Å²) >= 11 is 0. The van der Waals surface area contributed by atoms with Crippen molar-refractivity contribution in [1.82, 2.24) is 9.97 Å². The lowest BCUT2D eigenvalue weighted by molar-refractivity contribution is 1.17. The van der Waals surface area contributed by atoms with Gasteiger partial charge < -0.3 is 0 Å². The van der Waals surface area contributed by atoms with E-state index in [1.54, 1.807) is 0 Å². The second-order valence-electron chi connectivity index (χ2n) is 5.77. The Labute approximate surface area is 129 Å². The van der Waals surface area contributed by atoms with Gasteiger partial charge in [0.15, 0.2) is 0 Å². The minimum atomic E-state index is 0.898. The topological polar surface area (TPSA) is 25.8 Å². The number of nitrogens with zero attached hydrogens (tertiary/aromatic N) is 2. The van der Waals surface area contributed by atoms with Gasteiger partial charge in [0.05, 0.1) is 5.52 Å². The Morgan fingerprint density at radius 2 is 1.68 bits per heavy atom. The van der Waals surface area contributed by atoms with Crippen LogP contribution in [-0.4, -0.2) is 9.97 Å². The Morgan fingerprint density at radius 3 is 2.64 bits per heavy atom. The fourth-order valence-electron chi connectivity index (χ4n) is 2.87. The molecule has 0 spiro atoms. The predicted molar refractivity (Wildman–Crippen MR) is 91.0 cm³/mol. The lowest BCUT2D eigenvalue weighted by Gasteiger charge is -2.06. The van der Waals surface area contributed by atoms with Crippen LogP contribution in [0.25, 0.3) is 21.7 Å². The molecule has 0 saturated carbocycles. The maximum atomic E-state index is 4.57. The van der Waals surface area contributed by atoms with Crippen LogP contribution in [0.1, 0.15) is 16.7 Å². The Hall–Kier alpha value is -2.74. The van der Waals surface area contributed by atoms with Crippen LogP contribution < -0.4 is 0 Å². The van der Waals surface area contributed by atoms with Gasteiger partial charge >= 0.3 is 0 Å². The first-order valence-electron chi connectivity index (χ1n) is 7.46. The van der Waals surface area contributed by atoms with Crippen molar-refractivity contribution in [3.63, 3.8) is 0 Å². The summed E-state index contributed by atoms with van der Waals surface area (Å²) < 4.78 is 0. The van der Waals surface area contributed by atoms with Crippen molar-refractivity contribution in [3.05, 3.63) is 83.8 Å². The first kappa shape index (κ1) is 13.0. The van der Waals surface area contributed by atoms with Gasteiger partial charge in [0.25, 0.3) is 0 Å². The van der Waals surface area contributed by atoms with E-state index in [-0.39, 0.29) is 0 Å². The van der Waals surface area contributed by atoms with Crippen LogP contribution in [0.4, 0.5) is 0 Å². The third kappa shape index (κ3) is 2.44. The summed E-state index contributed by atoms with van der Waals surface area (Å²) in [6.07, 6.45) is 6.62. The minimum absolute atomic E-state index is 0.898. The molecule has 0 unspecified atom stereocenters. The molecule has 106 valence electrons. The van der Waals surface area contributed by atoms with Crippen LogP contribution in [0.15, 0.2) is 67.1 Å². The molecule has 0 amide bonds. The summed E-state index contributed by atoms with van der Waals surface area (Å²) in [4.78, 5) is 8.73. The number of hydrogen-bond acceptors (Lipinski definition) is 2. The van der Waals surface area contributed by atoms with Crippen LogP contribution in [0.5, 0.6) is 0 Å². The van der Waals surface area contributed by atoms with E-state index in [2.05, 4.69) is 65.4 Å². The standard InChI is InChI=1S/C20H16N2/c1-14-2-5-20-19(8-14)11-16(12-22-20)9-15-3-4-18-13-21-7-6-17(18)10-15/h2-8,10-13H,9H2,1H3. The molecular weight excluding hydrogens is 268 g/mol. The average molecular weight is 284 g/mol. The molecule has 0 fully saturated rings. The van der Waals surface area contributed by atoms with E-state index in [1.807, 2.05) is 18.6 Å². The van der Waals surface area contributed by atoms with Gasteiger partial charge in [0, 0.05) is 29.4 Å². The van der Waals surface area contributed by atoms with Gasteiger partial charge in [0.2, 0.25) is 0 Å². The van der Waals surface area contributed by atoms with Crippen molar-refractivity contribution in [1.29, 1.82) is 0 Å². The summed E-state index contributed by atoms with van der Waals surface area (Å²) in [6, 6.07) is 17.2. The van der Waals surface area contributed by atoms with Gasteiger partial charge in [-0.05, 0) is 54.1 Å². The van der Waals surface area contributed by atoms with Gasteiger partial charge in [-0.25, -0.2) is 0 Å². The highest BCUT2D eigenvalue weighted by Crippen LogP contribution is 2.20. The summed E-state index contributed by atoms with van der Waals surface area (Å²) in [7, 11) is 0. The molecule has 0 bridgehead atoms. The van der Waals surface area contributed by atoms with Crippen molar-refractivity contribution < 1.29 is 0 Å². The number of aryl methyl sites for hydroxylation is 1. The monoisotopic (exact) mass is 284 g/mol. The van der Waals surface area contributed by atoms with Crippen LogP contribution in [0.3, 0.4) is 0 Å². The summed E-state index contributed by atoms with van der Waals surface area (Å²) in [5, 5.41) is 3.62. The fraction of sp³-hybridized carbons (Fsp3) is 0.100. The Morgan fingerprint density at radius 1 is 0.773 bits per heavy atom. The molecule has 0 saturated heterocycles. The van der Waals surface area contributed by atoms with Crippen molar-refractivity contribution in [2.75, 3.05) is 0 Å². The van der Waals surface area contributed by atoms with E-state index in [1.165, 1.54) is 32.8 Å². The molecule has 2 heteroatoms. The van der Waals surface area contributed by atoms with Crippen molar-refractivity contribution in [3.8, 4) is 0 Å². The van der Waals surface area contributed by atoms with E-state index >= 15 is 0 Å². The van der Waals surface area contributed by atoms with Crippen LogP contribution in [-0.2, 0) is 6.42 Å². The van der Waals surface area contributed by atoms with Gasteiger partial charge in [-0.15, -0.1) is 0 Å². The van der Waals surface area contributed by atoms with E-state index in [4.69, 9.17) is 0 Å². The SMILES string of the molecule is Cc1ccc2ncc(Cc3ccc4cnccc4c3)cc2c1. The smallest absolute Gasteiger partial charge is 0.0702 e. The molecule has 4 aromatic rings. The predicted octanol–water partition coefficient (Wildman–Crippen LogP) is 4.68. The molecule has 2 nitrogen and oxygen atoms in total. The van der Waals surface area contributed by atoms with Crippen LogP contribution in [0.2, 0.25) is 0 Å². The molecule has 0 aliphatic heterocycles. The van der Waals surface area contributed by atoms with Crippen molar-refractivity contribution >= 4 is 21.7 Å². The molecular formula is C20H16N2. The molecule has 2 aromatic carbocycles. The molecule has 0 aliphatic carbocycles. The molecule has 2 aromatic heterocycles. The lowest BCUT2D eigenvalue weighted by Crippen LogP contribution is -1.91. The normalized spacial score (nSPS) is 11.1. The first-order valence-corrected chi connectivity index (χ1v) is 7.46. The van der Waals surface area contributed by atoms with E-state index in [0.717, 1.165) is 11.9 Å². The molecule has 0 radical (unpaired) electrons. The quantitative estimate of drug-likeness (QED) is 0.534. The summed E-state index contributed by atoms with van der Waals surface area (Å²) in [5.41, 5.74) is 4.86. The van der Waals surface area contributed by atoms with E-state index in [0.29, 0.717) is 0 Å². The van der Waals surface area contributed by atoms with Gasteiger partial charge in [-0.1, -0.05) is 29.8 Å². The largest absolute Gasteiger partial charge is 0.264 e. The van der Waals surface area contributed by atoms with E-state index < -0.39 is 0 Å². The molecule has 2 heterocycles. The minimum Gasteiger partial charge on any atom is -0.264 e. The highest BCUT2D eigenvalue weighted by Gasteiger charge is 2.02. The Kier molecular flexibility index (Phi) is 3.08. The zero-order valence-corrected chi connectivity index (χ0v) is 12.5. The molecule has 22 heavy (non-hydrogen) atoms. The van der Waals surface area contributed by atoms with Gasteiger partial charge in [-0.3, -0.25) is 9.97 Å². The number of aromatic nitrogens is 2. The highest BCUT2D eigenvalue weighted by atomic mass is 14.6. The average Bonchev–Trinajstić information content (AvgIpc) is 2.54. The zero-order valence-electron chi connectivity index (χ0n) is 12.5. The summed E-state index contributed by atoms with van der Waals surface area (Å²) in [6.45, 7) is 2.11. The molecule has 0 N–H and O–H groups in total. The van der Waals surface area contributed by atoms with E-state index in [9.17, 15) is 0 Å². The maximum Gasteiger partial charge on any atom is 0.0702 e. The van der Waals surface area contributed by atoms with Crippen molar-refractivity contribution in [2.45, 2.75) is 13.3 Å². The molecule has 4 rings (SSSR count). The zero-order chi connectivity index (χ0) is 14.9. The third-order valence-corrected chi connectivity index (χ3v) is 4.01. The third-order valence-electron chi connectivity index (χ3n) is 4.01. The number of pyridine rings is 2. The second-order valence-corrected chi connectivity index (χ2v) is 5.77. The van der Waals surface area contributed by atoms with Gasteiger partial charge in [0.1, 0.15) is 0 Å². The van der Waals surface area contributed by atoms with Crippen LogP contribution >= 0.6 is 0 Å². The second kappa shape index (κ2) is 5.23. The highest BCUT2D eigenvalue weighted by molar-refractivity contribution is 5.82. The number of benzene rings is 2. The number of fused-ring (bicyclic) bond motifs is 2. The summed E-state index contributed by atoms with van der Waals surface area (Å²) in [5.74, 6) is 0. The maximum absolute atomic E-state index is 4.57. The molecule has 0 aliphatic rings. The Balaban J connectivity index is 1.72. The number of hydrogen-bond donors (Lipinski definition) is 0. The molecule has 0 atom stereocenters. The van der Waals surface area contributed by atoms with Gasteiger partial charge in [-0.2, -0.15) is 0 Å². The fourth-order valence-corrected chi connectivity index (χ4v) is 2.87. The lowest BCUT2D eigenvalue weighted by atomic mass is 10.0. The first-order chi connectivity index (χ1) is 10.8. The Bertz CT molecular complexity index is 973. The number of rotatable bonds is 2.